The summed E-state index contributed by atoms with van der Waals surface area (Å²) in [5, 5.41) is 13.0. The first-order chi connectivity index (χ1) is 10.5. The van der Waals surface area contributed by atoms with Crippen molar-refractivity contribution >= 4 is 22.2 Å². The maximum Gasteiger partial charge on any atom is 0.259 e. The molecule has 5 heteroatoms. The average Bonchev–Trinajstić information content (AvgIpc) is 2.97. The van der Waals surface area contributed by atoms with Gasteiger partial charge in [0.1, 0.15) is 22.6 Å². The summed E-state index contributed by atoms with van der Waals surface area (Å²) in [5.41, 5.74) is 2.29. The minimum Gasteiger partial charge on any atom is -0.466 e. The lowest BCUT2D eigenvalue weighted by Crippen LogP contribution is -2.12. The van der Waals surface area contributed by atoms with E-state index in [0.29, 0.717) is 33.6 Å². The highest BCUT2D eigenvalue weighted by Gasteiger charge is 2.25. The molecule has 2 heterocycles. The second kappa shape index (κ2) is 5.62. The van der Waals surface area contributed by atoms with Crippen molar-refractivity contribution in [1.82, 2.24) is 0 Å². The van der Waals surface area contributed by atoms with Crippen LogP contribution in [-0.2, 0) is 12.8 Å². The molecular formula is C17H18N2O2S. The van der Waals surface area contributed by atoms with E-state index in [1.54, 1.807) is 24.3 Å². The molecule has 1 unspecified atom stereocenters. The summed E-state index contributed by atoms with van der Waals surface area (Å²) in [4.78, 5) is 13.7. The predicted octanol–water partition coefficient (Wildman–Crippen LogP) is 4.21. The summed E-state index contributed by atoms with van der Waals surface area (Å²) in [6, 6.07) is 4.00. The van der Waals surface area contributed by atoms with E-state index in [0.717, 1.165) is 24.8 Å². The van der Waals surface area contributed by atoms with Crippen molar-refractivity contribution in [2.24, 2.45) is 5.92 Å². The summed E-state index contributed by atoms with van der Waals surface area (Å²) >= 11 is 1.54. The number of hydrogen-bond acceptors (Lipinski definition) is 4. The van der Waals surface area contributed by atoms with Gasteiger partial charge in [-0.2, -0.15) is 5.26 Å². The van der Waals surface area contributed by atoms with Gasteiger partial charge in [-0.05, 0) is 50.7 Å². The highest BCUT2D eigenvalue weighted by atomic mass is 32.1. The van der Waals surface area contributed by atoms with Crippen LogP contribution in [0.4, 0.5) is 5.00 Å². The molecule has 4 nitrogen and oxygen atoms in total. The van der Waals surface area contributed by atoms with Gasteiger partial charge in [0, 0.05) is 4.88 Å². The summed E-state index contributed by atoms with van der Waals surface area (Å²) in [5.74, 6) is 1.74. The molecule has 1 amide bonds. The third kappa shape index (κ3) is 2.55. The second-order valence-electron chi connectivity index (χ2n) is 5.95. The molecule has 114 valence electrons. The quantitative estimate of drug-likeness (QED) is 0.903. The van der Waals surface area contributed by atoms with Gasteiger partial charge in [-0.3, -0.25) is 4.79 Å². The molecule has 2 aromatic rings. The van der Waals surface area contributed by atoms with E-state index in [-0.39, 0.29) is 5.91 Å². The summed E-state index contributed by atoms with van der Waals surface area (Å²) in [6.07, 6.45) is 3.02. The Kier molecular flexibility index (Phi) is 3.79. The second-order valence-corrected chi connectivity index (χ2v) is 7.05. The van der Waals surface area contributed by atoms with Crippen LogP contribution in [0.5, 0.6) is 0 Å². The number of fused-ring (bicyclic) bond motifs is 1. The molecule has 1 aliphatic rings. The largest absolute Gasteiger partial charge is 0.466 e. The topological polar surface area (TPSA) is 66.0 Å². The summed E-state index contributed by atoms with van der Waals surface area (Å²) in [6.45, 7) is 5.81. The fourth-order valence-electron chi connectivity index (χ4n) is 2.98. The normalized spacial score (nSPS) is 16.9. The number of nitrogens with one attached hydrogen (secondary N) is 1. The van der Waals surface area contributed by atoms with Gasteiger partial charge in [0.15, 0.2) is 0 Å². The molecule has 0 radical (unpaired) electrons. The van der Waals surface area contributed by atoms with Crippen LogP contribution in [0.3, 0.4) is 0 Å². The van der Waals surface area contributed by atoms with Crippen molar-refractivity contribution in [3.8, 4) is 6.07 Å². The van der Waals surface area contributed by atoms with Crippen LogP contribution < -0.4 is 5.32 Å². The molecule has 0 bridgehead atoms. The first-order valence-corrected chi connectivity index (χ1v) is 8.24. The number of furan rings is 1. The SMILES string of the molecule is Cc1cc(C(=O)Nc2sc3c(c2C#N)CCC(C)C3)c(C)o1. The molecule has 0 spiro atoms. The molecule has 0 saturated heterocycles. The molecule has 1 atom stereocenters. The van der Waals surface area contributed by atoms with Gasteiger partial charge in [-0.15, -0.1) is 11.3 Å². The molecular weight excluding hydrogens is 296 g/mol. The summed E-state index contributed by atoms with van der Waals surface area (Å²) < 4.78 is 5.40. The lowest BCUT2D eigenvalue weighted by molar-refractivity contribution is 0.102. The molecule has 3 rings (SSSR count). The molecule has 22 heavy (non-hydrogen) atoms. The van der Waals surface area contributed by atoms with E-state index in [9.17, 15) is 10.1 Å². The van der Waals surface area contributed by atoms with E-state index in [2.05, 4.69) is 18.3 Å². The monoisotopic (exact) mass is 314 g/mol. The molecule has 2 aromatic heterocycles. The third-order valence-electron chi connectivity index (χ3n) is 4.14. The lowest BCUT2D eigenvalue weighted by Gasteiger charge is -2.17. The number of amides is 1. The maximum absolute atomic E-state index is 12.4. The Morgan fingerprint density at radius 3 is 2.91 bits per heavy atom. The van der Waals surface area contributed by atoms with Gasteiger partial charge in [-0.1, -0.05) is 6.92 Å². The van der Waals surface area contributed by atoms with Crippen molar-refractivity contribution in [2.75, 3.05) is 5.32 Å². The minimum atomic E-state index is -0.211. The summed E-state index contributed by atoms with van der Waals surface area (Å²) in [7, 11) is 0. The van der Waals surface area contributed by atoms with Crippen LogP contribution in [-0.4, -0.2) is 5.91 Å². The fourth-order valence-corrected chi connectivity index (χ4v) is 4.34. The Balaban J connectivity index is 1.91. The average molecular weight is 314 g/mol. The van der Waals surface area contributed by atoms with E-state index in [1.165, 1.54) is 4.88 Å². The maximum atomic E-state index is 12.4. The Labute approximate surface area is 133 Å². The number of carbonyl (C=O) groups is 1. The number of nitriles is 1. The smallest absolute Gasteiger partial charge is 0.259 e. The van der Waals surface area contributed by atoms with Gasteiger partial charge < -0.3 is 9.73 Å². The Bertz CT molecular complexity index is 779. The van der Waals surface area contributed by atoms with E-state index < -0.39 is 0 Å². The molecule has 0 aromatic carbocycles. The molecule has 0 fully saturated rings. The van der Waals surface area contributed by atoms with Crippen LogP contribution in [0.25, 0.3) is 0 Å². The Morgan fingerprint density at radius 2 is 2.27 bits per heavy atom. The van der Waals surface area contributed by atoms with E-state index in [4.69, 9.17) is 4.42 Å². The van der Waals surface area contributed by atoms with Gasteiger partial charge in [0.2, 0.25) is 0 Å². The Morgan fingerprint density at radius 1 is 1.50 bits per heavy atom. The number of nitrogens with zero attached hydrogens (tertiary/aromatic N) is 1. The van der Waals surface area contributed by atoms with E-state index in [1.807, 2.05) is 6.92 Å². The number of thiophene rings is 1. The van der Waals surface area contributed by atoms with Crippen molar-refractivity contribution in [3.05, 3.63) is 39.2 Å². The van der Waals surface area contributed by atoms with Gasteiger partial charge >= 0.3 is 0 Å². The zero-order chi connectivity index (χ0) is 15.9. The Hall–Kier alpha value is -2.06. The molecule has 0 saturated carbocycles. The molecule has 1 N–H and O–H groups in total. The highest BCUT2D eigenvalue weighted by Crippen LogP contribution is 2.39. The van der Waals surface area contributed by atoms with Gasteiger partial charge in [0.05, 0.1) is 11.1 Å². The minimum absolute atomic E-state index is 0.211. The van der Waals surface area contributed by atoms with Crippen LogP contribution in [0.1, 0.15) is 51.2 Å². The van der Waals surface area contributed by atoms with Gasteiger partial charge in [-0.25, -0.2) is 0 Å². The zero-order valence-corrected chi connectivity index (χ0v) is 13.8. The lowest BCUT2D eigenvalue weighted by atomic mass is 9.88. The number of rotatable bonds is 2. The molecule has 1 aliphatic carbocycles. The van der Waals surface area contributed by atoms with Crippen LogP contribution >= 0.6 is 11.3 Å². The highest BCUT2D eigenvalue weighted by molar-refractivity contribution is 7.16. The van der Waals surface area contributed by atoms with Crippen molar-refractivity contribution < 1.29 is 9.21 Å². The van der Waals surface area contributed by atoms with Crippen molar-refractivity contribution in [2.45, 2.75) is 40.0 Å². The third-order valence-corrected chi connectivity index (χ3v) is 5.31. The van der Waals surface area contributed by atoms with E-state index >= 15 is 0 Å². The number of aryl methyl sites for hydroxylation is 2. The molecule has 0 aliphatic heterocycles. The first kappa shape index (κ1) is 14.9. The van der Waals surface area contributed by atoms with Crippen molar-refractivity contribution in [3.63, 3.8) is 0 Å². The first-order valence-electron chi connectivity index (χ1n) is 7.42. The van der Waals surface area contributed by atoms with Crippen LogP contribution in [0, 0.1) is 31.1 Å². The predicted molar refractivity (Wildman–Crippen MR) is 86.4 cm³/mol. The number of carbonyl (C=O) groups excluding carboxylic acids is 1. The fraction of sp³-hybridized carbons (Fsp3) is 0.412. The zero-order valence-electron chi connectivity index (χ0n) is 12.9. The number of hydrogen-bond donors (Lipinski definition) is 1. The van der Waals surface area contributed by atoms with Crippen molar-refractivity contribution in [1.29, 1.82) is 5.26 Å². The van der Waals surface area contributed by atoms with Gasteiger partial charge in [0.25, 0.3) is 5.91 Å². The van der Waals surface area contributed by atoms with Crippen LogP contribution in [0.15, 0.2) is 10.5 Å². The standard InChI is InChI=1S/C17H18N2O2S/c1-9-4-5-12-14(8-18)17(22-15(12)6-9)19-16(20)13-7-10(2)21-11(13)3/h7,9H,4-6H2,1-3H3,(H,19,20). The van der Waals surface area contributed by atoms with Crippen LogP contribution in [0.2, 0.25) is 0 Å². The number of anilines is 1.